The van der Waals surface area contributed by atoms with E-state index in [0.29, 0.717) is 5.56 Å². The molecule has 0 bridgehead atoms. The molecule has 1 fully saturated rings. The molecular formula is C23H32O6. The van der Waals surface area contributed by atoms with Gasteiger partial charge in [0.2, 0.25) is 0 Å². The second-order valence-electron chi connectivity index (χ2n) is 8.86. The Kier molecular flexibility index (Phi) is 6.89. The van der Waals surface area contributed by atoms with E-state index in [1.165, 1.54) is 6.92 Å². The summed E-state index contributed by atoms with van der Waals surface area (Å²) < 4.78 is 10.4. The van der Waals surface area contributed by atoms with Crippen molar-refractivity contribution in [2.75, 3.05) is 13.2 Å². The second kappa shape index (κ2) is 8.66. The first-order chi connectivity index (χ1) is 13.4. The number of Topliss-reactive ketones (excluding diaryl/α,β-unsaturated/α-hetero) is 1. The summed E-state index contributed by atoms with van der Waals surface area (Å²) in [6, 6.07) is 7.48. The number of hydrogen-bond donors (Lipinski definition) is 1. The van der Waals surface area contributed by atoms with E-state index in [4.69, 9.17) is 9.47 Å². The predicted molar refractivity (Wildman–Crippen MR) is 108 cm³/mol. The van der Waals surface area contributed by atoms with Gasteiger partial charge in [0.25, 0.3) is 0 Å². The van der Waals surface area contributed by atoms with Gasteiger partial charge in [-0.05, 0) is 37.3 Å². The molecular weight excluding hydrogens is 372 g/mol. The average molecular weight is 405 g/mol. The van der Waals surface area contributed by atoms with E-state index in [9.17, 15) is 19.5 Å². The minimum Gasteiger partial charge on any atom is -0.466 e. The van der Waals surface area contributed by atoms with E-state index >= 15 is 0 Å². The van der Waals surface area contributed by atoms with Crippen molar-refractivity contribution in [1.29, 1.82) is 0 Å². The number of hydrogen-bond acceptors (Lipinski definition) is 6. The largest absolute Gasteiger partial charge is 0.466 e. The minimum atomic E-state index is -1.63. The average Bonchev–Trinajstić information content (AvgIpc) is 2.59. The molecule has 1 aromatic carbocycles. The summed E-state index contributed by atoms with van der Waals surface area (Å²) in [5, 5.41) is 11.0. The van der Waals surface area contributed by atoms with E-state index in [-0.39, 0.29) is 25.0 Å². The van der Waals surface area contributed by atoms with E-state index in [2.05, 4.69) is 20.8 Å². The third kappa shape index (κ3) is 4.86. The lowest BCUT2D eigenvalue weighted by atomic mass is 9.61. The Morgan fingerprint density at radius 1 is 1.07 bits per heavy atom. The molecule has 0 radical (unpaired) electrons. The zero-order chi connectivity index (χ0) is 22.0. The molecule has 1 saturated carbocycles. The topological polar surface area (TPSA) is 89.9 Å². The molecule has 160 valence electrons. The number of aliphatic hydroxyl groups is 1. The van der Waals surface area contributed by atoms with Crippen LogP contribution in [0.4, 0.5) is 0 Å². The Bertz CT molecular complexity index is 757. The van der Waals surface area contributed by atoms with Gasteiger partial charge in [0.1, 0.15) is 5.92 Å². The Labute approximate surface area is 172 Å². The van der Waals surface area contributed by atoms with Gasteiger partial charge in [-0.3, -0.25) is 14.4 Å². The van der Waals surface area contributed by atoms with Crippen LogP contribution in [0.25, 0.3) is 0 Å². The predicted octanol–water partition coefficient (Wildman–Crippen LogP) is 3.15. The standard InChI is InChI=1S/C23H32O6/c1-7-28-20(25)18-16(24)13-23(6,27)19(21(26)29-8-2)17(18)14-9-11-15(12-10-14)22(3,4)5/h9-12,17-19,27H,7-8,13H2,1-6H3/t17-,18-,19+,23+/m1/s1. The Hall–Kier alpha value is -2.21. The fourth-order valence-corrected chi connectivity index (χ4v) is 4.09. The molecule has 0 saturated heterocycles. The monoisotopic (exact) mass is 404 g/mol. The van der Waals surface area contributed by atoms with E-state index < -0.39 is 41.1 Å². The summed E-state index contributed by atoms with van der Waals surface area (Å²) in [5.74, 6) is -4.81. The summed E-state index contributed by atoms with van der Waals surface area (Å²) >= 11 is 0. The molecule has 1 N–H and O–H groups in total. The molecule has 2 rings (SSSR count). The summed E-state index contributed by atoms with van der Waals surface area (Å²) in [6.45, 7) is 11.3. The number of esters is 2. The van der Waals surface area contributed by atoms with E-state index in [0.717, 1.165) is 5.56 Å². The van der Waals surface area contributed by atoms with Crippen molar-refractivity contribution < 1.29 is 29.0 Å². The van der Waals surface area contributed by atoms with Gasteiger partial charge >= 0.3 is 11.9 Å². The molecule has 1 aromatic rings. The number of ketones is 1. The summed E-state index contributed by atoms with van der Waals surface area (Å²) in [4.78, 5) is 38.3. The van der Waals surface area contributed by atoms with Crippen molar-refractivity contribution in [3.8, 4) is 0 Å². The van der Waals surface area contributed by atoms with Gasteiger partial charge in [0, 0.05) is 12.3 Å². The third-order valence-corrected chi connectivity index (χ3v) is 5.51. The van der Waals surface area contributed by atoms with Gasteiger partial charge in [-0.2, -0.15) is 0 Å². The highest BCUT2D eigenvalue weighted by Crippen LogP contribution is 2.47. The van der Waals surface area contributed by atoms with Crippen molar-refractivity contribution in [3.05, 3.63) is 35.4 Å². The van der Waals surface area contributed by atoms with Crippen LogP contribution in [0.15, 0.2) is 24.3 Å². The summed E-state index contributed by atoms with van der Waals surface area (Å²) in [6.07, 6.45) is -0.309. The Balaban J connectivity index is 2.61. The molecule has 0 amide bonds. The zero-order valence-corrected chi connectivity index (χ0v) is 18.2. The molecule has 0 aromatic heterocycles. The second-order valence-corrected chi connectivity index (χ2v) is 8.86. The van der Waals surface area contributed by atoms with Crippen molar-refractivity contribution >= 4 is 17.7 Å². The van der Waals surface area contributed by atoms with Gasteiger partial charge in [-0.15, -0.1) is 0 Å². The maximum absolute atomic E-state index is 12.8. The smallest absolute Gasteiger partial charge is 0.317 e. The lowest BCUT2D eigenvalue weighted by Gasteiger charge is -2.43. The molecule has 1 aliphatic carbocycles. The van der Waals surface area contributed by atoms with Crippen molar-refractivity contribution in [3.63, 3.8) is 0 Å². The van der Waals surface area contributed by atoms with E-state index in [1.54, 1.807) is 13.8 Å². The first-order valence-electron chi connectivity index (χ1n) is 10.1. The highest BCUT2D eigenvalue weighted by molar-refractivity contribution is 6.02. The summed E-state index contributed by atoms with van der Waals surface area (Å²) in [7, 11) is 0. The Morgan fingerprint density at radius 2 is 1.59 bits per heavy atom. The lowest BCUT2D eigenvalue weighted by molar-refractivity contribution is -0.172. The lowest BCUT2D eigenvalue weighted by Crippen LogP contribution is -2.55. The fraction of sp³-hybridized carbons (Fsp3) is 0.609. The van der Waals surface area contributed by atoms with Crippen molar-refractivity contribution in [1.82, 2.24) is 0 Å². The van der Waals surface area contributed by atoms with Crippen molar-refractivity contribution in [2.24, 2.45) is 11.8 Å². The Morgan fingerprint density at radius 3 is 2.07 bits per heavy atom. The quantitative estimate of drug-likeness (QED) is 0.599. The maximum Gasteiger partial charge on any atom is 0.317 e. The number of rotatable bonds is 5. The number of benzene rings is 1. The van der Waals surface area contributed by atoms with Crippen LogP contribution in [0, 0.1) is 11.8 Å². The van der Waals surface area contributed by atoms with Crippen LogP contribution in [0.3, 0.4) is 0 Å². The molecule has 4 atom stereocenters. The number of ether oxygens (including phenoxy) is 2. The number of carbonyl (C=O) groups is 3. The third-order valence-electron chi connectivity index (χ3n) is 5.51. The van der Waals surface area contributed by atoms with Crippen LogP contribution in [-0.4, -0.2) is 41.6 Å². The summed E-state index contributed by atoms with van der Waals surface area (Å²) in [5.41, 5.74) is 0.00523. The molecule has 6 nitrogen and oxygen atoms in total. The van der Waals surface area contributed by atoms with Gasteiger partial charge < -0.3 is 14.6 Å². The fourth-order valence-electron chi connectivity index (χ4n) is 4.09. The van der Waals surface area contributed by atoms with Gasteiger partial charge in [0.05, 0.1) is 24.7 Å². The van der Waals surface area contributed by atoms with Crippen LogP contribution in [0.5, 0.6) is 0 Å². The maximum atomic E-state index is 12.8. The van der Waals surface area contributed by atoms with Crippen molar-refractivity contribution in [2.45, 2.75) is 64.9 Å². The van der Waals surface area contributed by atoms with Crippen LogP contribution in [0.1, 0.15) is 65.0 Å². The normalized spacial score (nSPS) is 27.4. The number of carbonyl (C=O) groups excluding carboxylic acids is 3. The van der Waals surface area contributed by atoms with Crippen LogP contribution >= 0.6 is 0 Å². The molecule has 1 aliphatic rings. The molecule has 0 unspecified atom stereocenters. The highest BCUT2D eigenvalue weighted by atomic mass is 16.5. The van der Waals surface area contributed by atoms with Crippen LogP contribution in [0.2, 0.25) is 0 Å². The van der Waals surface area contributed by atoms with Gasteiger partial charge in [-0.25, -0.2) is 0 Å². The minimum absolute atomic E-state index is 0.0759. The van der Waals surface area contributed by atoms with Crippen LogP contribution in [-0.2, 0) is 29.3 Å². The van der Waals surface area contributed by atoms with Crippen LogP contribution < -0.4 is 0 Å². The molecule has 0 aliphatic heterocycles. The highest BCUT2D eigenvalue weighted by Gasteiger charge is 2.57. The first-order valence-corrected chi connectivity index (χ1v) is 10.1. The molecule has 0 heterocycles. The van der Waals surface area contributed by atoms with E-state index in [1.807, 2.05) is 24.3 Å². The van der Waals surface area contributed by atoms with Gasteiger partial charge in [-0.1, -0.05) is 45.0 Å². The van der Waals surface area contributed by atoms with Gasteiger partial charge in [0.15, 0.2) is 5.78 Å². The zero-order valence-electron chi connectivity index (χ0n) is 18.2. The molecule has 0 spiro atoms. The molecule has 29 heavy (non-hydrogen) atoms. The SMILES string of the molecule is CCOC(=O)[C@@H]1C(=O)C[C@](C)(O)[C@H](C(=O)OCC)[C@@H]1c1ccc(C(C)(C)C)cc1. The first kappa shape index (κ1) is 23.1. The molecule has 6 heteroatoms.